The molecule has 0 radical (unpaired) electrons. The van der Waals surface area contributed by atoms with E-state index in [1.807, 2.05) is 6.92 Å². The Morgan fingerprint density at radius 3 is 2.63 bits per heavy atom. The molecule has 2 aromatic heterocycles. The van der Waals surface area contributed by atoms with Crippen molar-refractivity contribution in [3.05, 3.63) is 59.1 Å². The van der Waals surface area contributed by atoms with Gasteiger partial charge in [-0.15, -0.1) is 0 Å². The van der Waals surface area contributed by atoms with E-state index in [0.717, 1.165) is 37.6 Å². The van der Waals surface area contributed by atoms with E-state index >= 15 is 0 Å². The second kappa shape index (κ2) is 8.81. The van der Waals surface area contributed by atoms with Crippen LogP contribution in [0.3, 0.4) is 0 Å². The Hall–Kier alpha value is -2.97. The van der Waals surface area contributed by atoms with E-state index in [0.29, 0.717) is 29.5 Å². The van der Waals surface area contributed by atoms with Crippen LogP contribution in [0.2, 0.25) is 5.02 Å². The van der Waals surface area contributed by atoms with Gasteiger partial charge in [0.15, 0.2) is 5.78 Å². The summed E-state index contributed by atoms with van der Waals surface area (Å²) in [5.41, 5.74) is 2.10. The molecule has 9 heteroatoms. The average molecular weight is 427 g/mol. The molecule has 30 heavy (non-hydrogen) atoms. The first-order chi connectivity index (χ1) is 14.5. The number of phenols is 1. The molecule has 0 atom stereocenters. The number of halogens is 1. The van der Waals surface area contributed by atoms with Gasteiger partial charge in [-0.1, -0.05) is 11.6 Å². The summed E-state index contributed by atoms with van der Waals surface area (Å²) in [6, 6.07) is 6.82. The predicted octanol–water partition coefficient (Wildman–Crippen LogP) is 2.72. The van der Waals surface area contributed by atoms with Crippen LogP contribution in [0.4, 0.5) is 5.69 Å². The molecule has 1 saturated heterocycles. The van der Waals surface area contributed by atoms with Crippen LogP contribution in [-0.4, -0.2) is 68.3 Å². The van der Waals surface area contributed by atoms with Gasteiger partial charge in [-0.2, -0.15) is 5.10 Å². The number of ketones is 1. The van der Waals surface area contributed by atoms with Gasteiger partial charge in [-0.05, 0) is 31.2 Å². The zero-order valence-electron chi connectivity index (χ0n) is 16.7. The molecule has 8 nitrogen and oxygen atoms in total. The summed E-state index contributed by atoms with van der Waals surface area (Å²) in [5, 5.41) is 15.0. The molecular weight excluding hydrogens is 404 g/mol. The Bertz CT molecular complexity index is 1030. The summed E-state index contributed by atoms with van der Waals surface area (Å²) < 4.78 is 1.59. The lowest BCUT2D eigenvalue weighted by Crippen LogP contribution is -2.47. The van der Waals surface area contributed by atoms with E-state index in [2.05, 4.69) is 24.9 Å². The Balaban J connectivity index is 1.32. The van der Waals surface area contributed by atoms with Crippen molar-refractivity contribution in [2.75, 3.05) is 37.6 Å². The number of Topliss-reactive ketones (excluding diaryl/α,β-unsaturated/α-hetero) is 1. The number of hydrogen-bond acceptors (Lipinski definition) is 7. The highest BCUT2D eigenvalue weighted by Gasteiger charge is 2.21. The lowest BCUT2D eigenvalue weighted by molar-refractivity contribution is 0.0962. The van der Waals surface area contributed by atoms with Crippen molar-refractivity contribution in [1.82, 2.24) is 24.6 Å². The van der Waals surface area contributed by atoms with Gasteiger partial charge in [-0.25, -0.2) is 14.6 Å². The van der Waals surface area contributed by atoms with Gasteiger partial charge in [0.2, 0.25) is 0 Å². The van der Waals surface area contributed by atoms with Crippen LogP contribution in [0.5, 0.6) is 5.75 Å². The fourth-order valence-corrected chi connectivity index (χ4v) is 3.81. The number of aromatic hydroxyl groups is 1. The van der Waals surface area contributed by atoms with E-state index in [-0.39, 0.29) is 11.5 Å². The van der Waals surface area contributed by atoms with Crippen LogP contribution in [0.15, 0.2) is 42.9 Å². The summed E-state index contributed by atoms with van der Waals surface area (Å²) in [6.07, 6.45) is 5.31. The monoisotopic (exact) mass is 426 g/mol. The molecule has 0 aliphatic carbocycles. The molecule has 0 amide bonds. The van der Waals surface area contributed by atoms with E-state index < -0.39 is 0 Å². The molecule has 1 fully saturated rings. The molecule has 4 rings (SSSR count). The van der Waals surface area contributed by atoms with Gasteiger partial charge >= 0.3 is 0 Å². The van der Waals surface area contributed by atoms with Gasteiger partial charge < -0.3 is 10.0 Å². The minimum Gasteiger partial charge on any atom is -0.506 e. The number of anilines is 1. The molecule has 0 saturated carbocycles. The number of phenolic OH excluding ortho intramolecular Hbond substituents is 1. The molecular formula is C21H23ClN6O2. The molecule has 0 bridgehead atoms. The molecule has 0 spiro atoms. The standard InChI is InChI=1S/C21H23ClN6O2/c1-15-17(14-25-28(15)21-23-6-2-7-24-21)19(29)5-8-26-9-11-27(12-10-26)18-13-16(22)3-4-20(18)30/h2-4,6-7,13-14,30H,5,8-12H2,1H3. The fraction of sp³-hybridized carbons (Fsp3) is 0.333. The molecule has 0 unspecified atom stereocenters. The lowest BCUT2D eigenvalue weighted by Gasteiger charge is -2.36. The number of rotatable bonds is 6. The van der Waals surface area contributed by atoms with Crippen LogP contribution in [0.25, 0.3) is 5.95 Å². The lowest BCUT2D eigenvalue weighted by atomic mass is 10.1. The average Bonchev–Trinajstić information content (AvgIpc) is 3.16. The number of nitrogens with zero attached hydrogens (tertiary/aromatic N) is 6. The minimum absolute atomic E-state index is 0.0598. The molecule has 1 aliphatic rings. The molecule has 1 aromatic carbocycles. The number of piperazine rings is 1. The van der Waals surface area contributed by atoms with Crippen LogP contribution in [0, 0.1) is 6.92 Å². The van der Waals surface area contributed by atoms with Gasteiger partial charge in [0.25, 0.3) is 5.95 Å². The van der Waals surface area contributed by atoms with Crippen molar-refractivity contribution in [1.29, 1.82) is 0 Å². The molecule has 1 aliphatic heterocycles. The van der Waals surface area contributed by atoms with E-state index in [1.165, 1.54) is 0 Å². The summed E-state index contributed by atoms with van der Waals surface area (Å²) in [6.45, 7) is 5.70. The highest BCUT2D eigenvalue weighted by atomic mass is 35.5. The highest BCUT2D eigenvalue weighted by Crippen LogP contribution is 2.30. The third-order valence-corrected chi connectivity index (χ3v) is 5.59. The Labute approximate surface area is 179 Å². The van der Waals surface area contributed by atoms with E-state index in [1.54, 1.807) is 47.5 Å². The Morgan fingerprint density at radius 2 is 1.90 bits per heavy atom. The Morgan fingerprint density at radius 1 is 1.17 bits per heavy atom. The van der Waals surface area contributed by atoms with E-state index in [9.17, 15) is 9.90 Å². The largest absolute Gasteiger partial charge is 0.506 e. The van der Waals surface area contributed by atoms with Crippen molar-refractivity contribution in [3.8, 4) is 11.7 Å². The van der Waals surface area contributed by atoms with Gasteiger partial charge in [0.05, 0.1) is 23.1 Å². The second-order valence-electron chi connectivity index (χ2n) is 7.24. The smallest absolute Gasteiger partial charge is 0.250 e. The summed E-state index contributed by atoms with van der Waals surface area (Å²) in [4.78, 5) is 25.5. The van der Waals surface area contributed by atoms with Crippen molar-refractivity contribution in [2.45, 2.75) is 13.3 Å². The first-order valence-corrected chi connectivity index (χ1v) is 10.2. The van der Waals surface area contributed by atoms with Crippen LogP contribution in [-0.2, 0) is 0 Å². The molecule has 156 valence electrons. The maximum absolute atomic E-state index is 12.7. The van der Waals surface area contributed by atoms with Crippen LogP contribution >= 0.6 is 11.6 Å². The van der Waals surface area contributed by atoms with Crippen molar-refractivity contribution in [3.63, 3.8) is 0 Å². The minimum atomic E-state index is 0.0598. The number of benzene rings is 1. The summed E-state index contributed by atoms with van der Waals surface area (Å²) >= 11 is 6.06. The highest BCUT2D eigenvalue weighted by molar-refractivity contribution is 6.30. The zero-order valence-corrected chi connectivity index (χ0v) is 17.5. The van der Waals surface area contributed by atoms with Crippen molar-refractivity contribution < 1.29 is 9.90 Å². The molecule has 3 heterocycles. The van der Waals surface area contributed by atoms with Crippen LogP contribution in [0.1, 0.15) is 22.5 Å². The fourth-order valence-electron chi connectivity index (χ4n) is 3.64. The number of aromatic nitrogens is 4. The van der Waals surface area contributed by atoms with Gasteiger partial charge in [0.1, 0.15) is 5.75 Å². The van der Waals surface area contributed by atoms with E-state index in [4.69, 9.17) is 11.6 Å². The zero-order chi connectivity index (χ0) is 21.1. The molecule has 3 aromatic rings. The summed E-state index contributed by atoms with van der Waals surface area (Å²) in [7, 11) is 0. The maximum atomic E-state index is 12.7. The third kappa shape index (κ3) is 4.29. The number of carbonyl (C=O) groups is 1. The first kappa shape index (κ1) is 20.3. The molecule has 1 N–H and O–H groups in total. The van der Waals surface area contributed by atoms with Gasteiger partial charge in [0, 0.05) is 56.6 Å². The quantitative estimate of drug-likeness (QED) is 0.606. The normalized spacial score (nSPS) is 14.8. The first-order valence-electron chi connectivity index (χ1n) is 9.84. The van der Waals surface area contributed by atoms with Crippen molar-refractivity contribution in [2.24, 2.45) is 0 Å². The van der Waals surface area contributed by atoms with Crippen molar-refractivity contribution >= 4 is 23.1 Å². The second-order valence-corrected chi connectivity index (χ2v) is 7.68. The maximum Gasteiger partial charge on any atom is 0.250 e. The SMILES string of the molecule is Cc1c(C(=O)CCN2CCN(c3cc(Cl)ccc3O)CC2)cnn1-c1ncccn1. The number of carbonyl (C=O) groups excluding carboxylic acids is 1. The van der Waals surface area contributed by atoms with Gasteiger partial charge in [-0.3, -0.25) is 9.69 Å². The Kier molecular flexibility index (Phi) is 5.96. The van der Waals surface area contributed by atoms with Crippen LogP contribution < -0.4 is 4.90 Å². The summed E-state index contributed by atoms with van der Waals surface area (Å²) in [5.74, 6) is 0.747. The predicted molar refractivity (Wildman–Crippen MR) is 115 cm³/mol. The topological polar surface area (TPSA) is 87.4 Å². The number of hydrogen-bond donors (Lipinski definition) is 1. The third-order valence-electron chi connectivity index (χ3n) is 5.36.